The van der Waals surface area contributed by atoms with E-state index in [0.29, 0.717) is 29.0 Å². The summed E-state index contributed by atoms with van der Waals surface area (Å²) in [6, 6.07) is 8.20. The second-order valence-corrected chi connectivity index (χ2v) is 13.0. The number of ether oxygens (including phenoxy) is 4. The van der Waals surface area contributed by atoms with Gasteiger partial charge in [-0.3, -0.25) is 9.69 Å². The molecular formula is C29H34F6N2O8S. The van der Waals surface area contributed by atoms with E-state index in [0.717, 1.165) is 4.31 Å². The maximum Gasteiger partial charge on any atom is 0.455 e. The number of methoxy groups -OCH3 is 1. The molecule has 1 saturated heterocycles. The van der Waals surface area contributed by atoms with Crippen molar-refractivity contribution in [3.63, 3.8) is 0 Å². The first kappa shape index (κ1) is 35.6. The van der Waals surface area contributed by atoms with Crippen molar-refractivity contribution < 1.29 is 63.6 Å². The molecule has 2 aliphatic rings. The van der Waals surface area contributed by atoms with Gasteiger partial charge in [-0.05, 0) is 41.8 Å². The van der Waals surface area contributed by atoms with Crippen molar-refractivity contribution in [3.8, 4) is 17.2 Å². The SMILES string of the molecule is CCCN(CCN1C[C@H](c2ccc3c(c2)OCO3)[C@@H](C(=O)O)[C@@H]1c1ccc(OC)c(F)c1)S(=O)(=O)CCOCC(F)(F)C(F)(F)F. The molecule has 0 unspecified atom stereocenters. The number of halogens is 6. The predicted molar refractivity (Wildman–Crippen MR) is 151 cm³/mol. The van der Waals surface area contributed by atoms with Crippen LogP contribution in [0.2, 0.25) is 0 Å². The van der Waals surface area contributed by atoms with Crippen LogP contribution in [0.3, 0.4) is 0 Å². The number of fused-ring (bicyclic) bond motifs is 1. The van der Waals surface area contributed by atoms with Crippen LogP contribution < -0.4 is 14.2 Å². The van der Waals surface area contributed by atoms with Gasteiger partial charge in [0.05, 0.1) is 25.4 Å². The second kappa shape index (κ2) is 14.2. The Morgan fingerprint density at radius 2 is 1.76 bits per heavy atom. The summed E-state index contributed by atoms with van der Waals surface area (Å²) in [6.45, 7) is -1.31. The summed E-state index contributed by atoms with van der Waals surface area (Å²) in [5.41, 5.74) is 0.932. The third kappa shape index (κ3) is 7.81. The van der Waals surface area contributed by atoms with E-state index in [2.05, 4.69) is 4.74 Å². The molecule has 2 heterocycles. The van der Waals surface area contributed by atoms with Crippen LogP contribution in [0.25, 0.3) is 0 Å². The lowest BCUT2D eigenvalue weighted by Crippen LogP contribution is -2.43. The van der Waals surface area contributed by atoms with Gasteiger partial charge in [-0.2, -0.15) is 22.0 Å². The van der Waals surface area contributed by atoms with Gasteiger partial charge in [-0.1, -0.05) is 19.1 Å². The molecule has 0 amide bonds. The number of rotatable bonds is 15. The molecule has 1 fully saturated rings. The van der Waals surface area contributed by atoms with E-state index in [1.807, 2.05) is 0 Å². The number of nitrogens with zero attached hydrogens (tertiary/aromatic N) is 2. The monoisotopic (exact) mass is 684 g/mol. The van der Waals surface area contributed by atoms with Gasteiger partial charge >= 0.3 is 18.1 Å². The zero-order chi connectivity index (χ0) is 33.9. The van der Waals surface area contributed by atoms with Gasteiger partial charge < -0.3 is 24.1 Å². The van der Waals surface area contributed by atoms with Gasteiger partial charge in [-0.15, -0.1) is 0 Å². The maximum absolute atomic E-state index is 14.9. The normalized spacial score (nSPS) is 20.4. The molecule has 10 nitrogen and oxygen atoms in total. The fourth-order valence-corrected chi connectivity index (χ4v) is 7.07. The van der Waals surface area contributed by atoms with Crippen LogP contribution in [0, 0.1) is 11.7 Å². The second-order valence-electron chi connectivity index (χ2n) is 10.9. The van der Waals surface area contributed by atoms with Crippen LogP contribution in [0.1, 0.15) is 36.4 Å². The van der Waals surface area contributed by atoms with E-state index in [1.54, 1.807) is 30.0 Å². The highest BCUT2D eigenvalue weighted by atomic mass is 32.2. The molecular weight excluding hydrogens is 650 g/mol. The summed E-state index contributed by atoms with van der Waals surface area (Å²) in [7, 11) is -2.91. The molecule has 0 spiro atoms. The number of carboxylic acid groups (broad SMARTS) is 1. The minimum absolute atomic E-state index is 0.00320. The van der Waals surface area contributed by atoms with Crippen molar-refractivity contribution in [1.29, 1.82) is 0 Å². The number of sulfonamides is 1. The number of likely N-dealkylation sites (tertiary alicyclic amines) is 1. The third-order valence-electron chi connectivity index (χ3n) is 7.91. The van der Waals surface area contributed by atoms with Crippen molar-refractivity contribution in [1.82, 2.24) is 9.21 Å². The highest BCUT2D eigenvalue weighted by molar-refractivity contribution is 7.89. The summed E-state index contributed by atoms with van der Waals surface area (Å²) in [5.74, 6) is -8.75. The Bertz CT molecular complexity index is 1490. The molecule has 0 bridgehead atoms. The minimum Gasteiger partial charge on any atom is -0.494 e. The topological polar surface area (TPSA) is 115 Å². The predicted octanol–water partition coefficient (Wildman–Crippen LogP) is 4.66. The number of hydrogen-bond donors (Lipinski definition) is 1. The van der Waals surface area contributed by atoms with Crippen LogP contribution in [-0.2, 0) is 19.6 Å². The molecule has 2 aromatic carbocycles. The Kier molecular flexibility index (Phi) is 11.0. The van der Waals surface area contributed by atoms with E-state index in [9.17, 15) is 44.7 Å². The first-order valence-corrected chi connectivity index (χ1v) is 15.9. The van der Waals surface area contributed by atoms with Crippen LogP contribution >= 0.6 is 0 Å². The number of carboxylic acids is 1. The molecule has 0 saturated carbocycles. The lowest BCUT2D eigenvalue weighted by Gasteiger charge is -2.30. The summed E-state index contributed by atoms with van der Waals surface area (Å²) in [4.78, 5) is 14.5. The van der Waals surface area contributed by atoms with E-state index < -0.39 is 70.8 Å². The summed E-state index contributed by atoms with van der Waals surface area (Å²) >= 11 is 0. The Morgan fingerprint density at radius 1 is 1.07 bits per heavy atom. The average Bonchev–Trinajstić information content (AvgIpc) is 3.61. The van der Waals surface area contributed by atoms with Crippen molar-refractivity contribution in [2.75, 3.05) is 59.0 Å². The molecule has 1 N–H and O–H groups in total. The number of aliphatic carboxylic acids is 1. The van der Waals surface area contributed by atoms with Crippen LogP contribution in [0.5, 0.6) is 17.2 Å². The molecule has 256 valence electrons. The molecule has 4 rings (SSSR count). The highest BCUT2D eigenvalue weighted by Gasteiger charge is 2.57. The summed E-state index contributed by atoms with van der Waals surface area (Å²) in [6.07, 6.45) is -5.50. The lowest BCUT2D eigenvalue weighted by atomic mass is 9.82. The third-order valence-corrected chi connectivity index (χ3v) is 9.75. The quantitative estimate of drug-likeness (QED) is 0.211. The Morgan fingerprint density at radius 3 is 2.39 bits per heavy atom. The zero-order valence-corrected chi connectivity index (χ0v) is 25.8. The molecule has 0 aromatic heterocycles. The highest BCUT2D eigenvalue weighted by Crippen LogP contribution is 2.48. The zero-order valence-electron chi connectivity index (χ0n) is 24.9. The fraction of sp³-hybridized carbons (Fsp3) is 0.552. The summed E-state index contributed by atoms with van der Waals surface area (Å²) < 4.78 is 126. The van der Waals surface area contributed by atoms with Crippen molar-refractivity contribution in [3.05, 3.63) is 53.3 Å². The van der Waals surface area contributed by atoms with E-state index >= 15 is 0 Å². The Hall–Kier alpha value is -3.28. The van der Waals surface area contributed by atoms with Crippen molar-refractivity contribution in [2.24, 2.45) is 5.92 Å². The van der Waals surface area contributed by atoms with E-state index in [1.165, 1.54) is 25.3 Å². The molecule has 17 heteroatoms. The molecule has 2 aromatic rings. The average molecular weight is 685 g/mol. The minimum atomic E-state index is -5.84. The Labute approximate surface area is 261 Å². The van der Waals surface area contributed by atoms with Gasteiger partial charge in [0.1, 0.15) is 6.61 Å². The first-order chi connectivity index (χ1) is 21.6. The van der Waals surface area contributed by atoms with Crippen molar-refractivity contribution in [2.45, 2.75) is 37.4 Å². The smallest absolute Gasteiger partial charge is 0.455 e. The molecule has 2 aliphatic heterocycles. The van der Waals surface area contributed by atoms with Gasteiger partial charge in [-0.25, -0.2) is 17.1 Å². The Balaban J connectivity index is 1.57. The maximum atomic E-state index is 14.9. The van der Waals surface area contributed by atoms with E-state index in [4.69, 9.17) is 14.2 Å². The standard InChI is InChI=1S/C29H34F6N2O8S/c1-3-8-37(46(40,41)12-11-43-16-28(31,32)29(33,34)35)10-9-36-15-20(18-4-7-23-24(14-18)45-17-44-23)25(27(38)39)26(36)19-5-6-22(42-2)21(30)13-19/h4-7,13-14,20,25-26H,3,8-12,15-17H2,1-2H3,(H,38,39)/t20-,25-,26+/m1/s1. The molecule has 0 radical (unpaired) electrons. The number of alkyl halides is 5. The number of carbonyl (C=O) groups is 1. The number of benzene rings is 2. The largest absolute Gasteiger partial charge is 0.494 e. The lowest BCUT2D eigenvalue weighted by molar-refractivity contribution is -0.296. The molecule has 0 aliphatic carbocycles. The van der Waals surface area contributed by atoms with Crippen LogP contribution in [0.4, 0.5) is 26.3 Å². The van der Waals surface area contributed by atoms with E-state index in [-0.39, 0.29) is 38.7 Å². The van der Waals surface area contributed by atoms with Crippen molar-refractivity contribution >= 4 is 16.0 Å². The van der Waals surface area contributed by atoms with Gasteiger partial charge in [0.2, 0.25) is 16.8 Å². The van der Waals surface area contributed by atoms with Gasteiger partial charge in [0.25, 0.3) is 0 Å². The molecule has 46 heavy (non-hydrogen) atoms. The first-order valence-electron chi connectivity index (χ1n) is 14.3. The van der Waals surface area contributed by atoms with Crippen LogP contribution in [-0.4, -0.2) is 99.8 Å². The van der Waals surface area contributed by atoms with Gasteiger partial charge in [0.15, 0.2) is 23.1 Å². The van der Waals surface area contributed by atoms with Gasteiger partial charge in [0, 0.05) is 38.1 Å². The fourth-order valence-electron chi connectivity index (χ4n) is 5.66. The van der Waals surface area contributed by atoms with Crippen LogP contribution in [0.15, 0.2) is 36.4 Å². The summed E-state index contributed by atoms with van der Waals surface area (Å²) in [5, 5.41) is 10.4. The molecule has 3 atom stereocenters. The number of hydrogen-bond acceptors (Lipinski definition) is 8.